The number of carbonyl (C=O) groups excluding carboxylic acids is 1. The third kappa shape index (κ3) is 8.43. The first kappa shape index (κ1) is 14.4. The molecule has 0 aromatic rings. The van der Waals surface area contributed by atoms with Gasteiger partial charge in [0.15, 0.2) is 0 Å². The molecule has 0 rings (SSSR count). The molecule has 0 unspecified atom stereocenters. The monoisotopic (exact) mass is 214 g/mol. The molecule has 1 amide bonds. The van der Waals surface area contributed by atoms with E-state index in [-0.39, 0.29) is 5.91 Å². The van der Waals surface area contributed by atoms with E-state index in [9.17, 15) is 4.79 Å². The molecule has 1 N–H and O–H groups in total. The predicted octanol–water partition coefficient (Wildman–Crippen LogP) is 2.02. The summed E-state index contributed by atoms with van der Waals surface area (Å²) in [5.74, 6) is 0.279. The van der Waals surface area contributed by atoms with Gasteiger partial charge in [-0.2, -0.15) is 0 Å². The fraction of sp³-hybridized carbons (Fsp3) is 0.917. The molecule has 0 saturated heterocycles. The number of carbonyl (C=O) groups is 1. The molecule has 0 aromatic carbocycles. The molecule has 15 heavy (non-hydrogen) atoms. The van der Waals surface area contributed by atoms with Gasteiger partial charge in [-0.05, 0) is 13.5 Å². The maximum absolute atomic E-state index is 11.6. The summed E-state index contributed by atoms with van der Waals surface area (Å²) < 4.78 is 0. The molecule has 0 heterocycles. The number of nitrogens with one attached hydrogen (secondary N) is 1. The van der Waals surface area contributed by atoms with Gasteiger partial charge in [-0.3, -0.25) is 4.79 Å². The van der Waals surface area contributed by atoms with Crippen LogP contribution in [-0.2, 0) is 4.79 Å². The third-order valence-electron chi connectivity index (χ3n) is 2.62. The Balaban J connectivity index is 3.38. The number of nitrogens with zero attached hydrogens (tertiary/aromatic N) is 1. The number of hydrogen-bond donors (Lipinski definition) is 1. The highest BCUT2D eigenvalue weighted by Gasteiger charge is 2.06. The average Bonchev–Trinajstić information content (AvgIpc) is 2.25. The lowest BCUT2D eigenvalue weighted by molar-refractivity contribution is -0.129. The van der Waals surface area contributed by atoms with E-state index >= 15 is 0 Å². The van der Waals surface area contributed by atoms with E-state index in [1.54, 1.807) is 0 Å². The first-order valence-corrected chi connectivity index (χ1v) is 6.11. The standard InChI is InChI=1S/C12H26N2O/c1-4-5-6-7-8-9-12(15)14(3)11-10-13-2/h13H,4-11H2,1-3H3. The molecular weight excluding hydrogens is 188 g/mol. The summed E-state index contributed by atoms with van der Waals surface area (Å²) in [6.45, 7) is 3.89. The zero-order valence-electron chi connectivity index (χ0n) is 10.5. The third-order valence-corrected chi connectivity index (χ3v) is 2.62. The topological polar surface area (TPSA) is 32.3 Å². The molecule has 3 heteroatoms. The van der Waals surface area contributed by atoms with Gasteiger partial charge in [-0.1, -0.05) is 32.6 Å². The second-order valence-electron chi connectivity index (χ2n) is 4.08. The van der Waals surface area contributed by atoms with Crippen molar-refractivity contribution in [2.45, 2.75) is 45.4 Å². The molecule has 0 atom stereocenters. The maximum atomic E-state index is 11.6. The van der Waals surface area contributed by atoms with Crippen molar-refractivity contribution in [2.75, 3.05) is 27.2 Å². The van der Waals surface area contributed by atoms with Gasteiger partial charge in [0.25, 0.3) is 0 Å². The maximum Gasteiger partial charge on any atom is 0.222 e. The number of hydrogen-bond acceptors (Lipinski definition) is 2. The largest absolute Gasteiger partial charge is 0.344 e. The molecule has 0 aliphatic heterocycles. The van der Waals surface area contributed by atoms with Crippen molar-refractivity contribution >= 4 is 5.91 Å². The van der Waals surface area contributed by atoms with Crippen LogP contribution < -0.4 is 5.32 Å². The minimum absolute atomic E-state index is 0.279. The van der Waals surface area contributed by atoms with Crippen molar-refractivity contribution < 1.29 is 4.79 Å². The van der Waals surface area contributed by atoms with Crippen molar-refractivity contribution in [3.63, 3.8) is 0 Å². The van der Waals surface area contributed by atoms with Crippen molar-refractivity contribution in [3.05, 3.63) is 0 Å². The number of likely N-dealkylation sites (N-methyl/N-ethyl adjacent to an activating group) is 2. The molecule has 0 fully saturated rings. The van der Waals surface area contributed by atoms with Crippen LogP contribution in [0.3, 0.4) is 0 Å². The van der Waals surface area contributed by atoms with E-state index in [1.165, 1.54) is 25.7 Å². The van der Waals surface area contributed by atoms with E-state index in [4.69, 9.17) is 0 Å². The lowest BCUT2D eigenvalue weighted by atomic mass is 10.1. The Morgan fingerprint density at radius 3 is 2.47 bits per heavy atom. The highest BCUT2D eigenvalue weighted by atomic mass is 16.2. The smallest absolute Gasteiger partial charge is 0.222 e. The van der Waals surface area contributed by atoms with Crippen molar-refractivity contribution in [3.8, 4) is 0 Å². The van der Waals surface area contributed by atoms with Crippen LogP contribution in [0.15, 0.2) is 0 Å². The van der Waals surface area contributed by atoms with Crippen LogP contribution in [0.2, 0.25) is 0 Å². The van der Waals surface area contributed by atoms with Crippen molar-refractivity contribution in [1.29, 1.82) is 0 Å². The molecule has 3 nitrogen and oxygen atoms in total. The van der Waals surface area contributed by atoms with Gasteiger partial charge in [0.05, 0.1) is 0 Å². The molecule has 0 bridgehead atoms. The summed E-state index contributed by atoms with van der Waals surface area (Å²) in [5.41, 5.74) is 0. The summed E-state index contributed by atoms with van der Waals surface area (Å²) in [6, 6.07) is 0. The summed E-state index contributed by atoms with van der Waals surface area (Å²) >= 11 is 0. The van der Waals surface area contributed by atoms with Crippen LogP contribution in [0.25, 0.3) is 0 Å². The second-order valence-corrected chi connectivity index (χ2v) is 4.08. The Morgan fingerprint density at radius 1 is 1.20 bits per heavy atom. The molecule has 0 aliphatic rings. The fourth-order valence-corrected chi connectivity index (χ4v) is 1.47. The zero-order chi connectivity index (χ0) is 11.5. The van der Waals surface area contributed by atoms with Gasteiger partial charge in [0, 0.05) is 26.6 Å². The van der Waals surface area contributed by atoms with Gasteiger partial charge >= 0.3 is 0 Å². The van der Waals surface area contributed by atoms with Crippen LogP contribution in [0.4, 0.5) is 0 Å². The van der Waals surface area contributed by atoms with E-state index in [0.29, 0.717) is 6.42 Å². The molecule has 0 radical (unpaired) electrons. The van der Waals surface area contributed by atoms with Crippen LogP contribution in [0.5, 0.6) is 0 Å². The molecular formula is C12H26N2O. The summed E-state index contributed by atoms with van der Waals surface area (Å²) in [5, 5.41) is 3.04. The van der Waals surface area contributed by atoms with E-state index in [2.05, 4.69) is 12.2 Å². The summed E-state index contributed by atoms with van der Waals surface area (Å²) in [7, 11) is 3.79. The first-order valence-electron chi connectivity index (χ1n) is 6.11. The van der Waals surface area contributed by atoms with Gasteiger partial charge in [0.1, 0.15) is 0 Å². The summed E-state index contributed by atoms with van der Waals surface area (Å²) in [6.07, 6.45) is 6.77. The highest BCUT2D eigenvalue weighted by molar-refractivity contribution is 5.75. The zero-order valence-corrected chi connectivity index (χ0v) is 10.5. The Kier molecular flexibility index (Phi) is 9.59. The van der Waals surface area contributed by atoms with Gasteiger partial charge in [-0.15, -0.1) is 0 Å². The minimum Gasteiger partial charge on any atom is -0.344 e. The van der Waals surface area contributed by atoms with Crippen molar-refractivity contribution in [1.82, 2.24) is 10.2 Å². The molecule has 90 valence electrons. The van der Waals surface area contributed by atoms with Gasteiger partial charge in [0.2, 0.25) is 5.91 Å². The van der Waals surface area contributed by atoms with Crippen LogP contribution >= 0.6 is 0 Å². The normalized spacial score (nSPS) is 10.3. The Bertz CT molecular complexity index is 160. The quantitative estimate of drug-likeness (QED) is 0.596. The van der Waals surface area contributed by atoms with E-state index < -0.39 is 0 Å². The SMILES string of the molecule is CCCCCCCC(=O)N(C)CCNC. The predicted molar refractivity (Wildman–Crippen MR) is 64.9 cm³/mol. The fourth-order valence-electron chi connectivity index (χ4n) is 1.47. The van der Waals surface area contributed by atoms with Crippen molar-refractivity contribution in [2.24, 2.45) is 0 Å². The number of rotatable bonds is 9. The number of unbranched alkanes of at least 4 members (excludes halogenated alkanes) is 4. The average molecular weight is 214 g/mol. The van der Waals surface area contributed by atoms with Crippen LogP contribution in [0.1, 0.15) is 45.4 Å². The molecule has 0 saturated carbocycles. The van der Waals surface area contributed by atoms with E-state index in [1.807, 2.05) is 19.0 Å². The molecule has 0 aromatic heterocycles. The van der Waals surface area contributed by atoms with Crippen LogP contribution in [-0.4, -0.2) is 38.0 Å². The molecule has 0 spiro atoms. The van der Waals surface area contributed by atoms with Crippen LogP contribution in [0, 0.1) is 0 Å². The summed E-state index contributed by atoms with van der Waals surface area (Å²) in [4.78, 5) is 13.4. The second kappa shape index (κ2) is 9.97. The number of amides is 1. The highest BCUT2D eigenvalue weighted by Crippen LogP contribution is 2.06. The first-order chi connectivity index (χ1) is 7.22. The van der Waals surface area contributed by atoms with E-state index in [0.717, 1.165) is 19.5 Å². The van der Waals surface area contributed by atoms with Gasteiger partial charge < -0.3 is 10.2 Å². The Labute approximate surface area is 94.2 Å². The van der Waals surface area contributed by atoms with Gasteiger partial charge in [-0.25, -0.2) is 0 Å². The lowest BCUT2D eigenvalue weighted by Crippen LogP contribution is -2.32. The Hall–Kier alpha value is -0.570. The molecule has 0 aliphatic carbocycles. The minimum atomic E-state index is 0.279. The lowest BCUT2D eigenvalue weighted by Gasteiger charge is -2.16. The Morgan fingerprint density at radius 2 is 1.87 bits per heavy atom.